The summed E-state index contributed by atoms with van der Waals surface area (Å²) in [7, 11) is 0. The minimum Gasteiger partial charge on any atom is -0.351 e. The number of benzene rings is 1. The van der Waals surface area contributed by atoms with Crippen molar-refractivity contribution in [3.8, 4) is 0 Å². The molecule has 3 N–H and O–H groups in total. The zero-order valence-electron chi connectivity index (χ0n) is 11.4. The zero-order valence-corrected chi connectivity index (χ0v) is 12.2. The lowest BCUT2D eigenvalue weighted by Gasteiger charge is -2.05. The summed E-state index contributed by atoms with van der Waals surface area (Å²) in [6.07, 6.45) is 2.00. The first-order chi connectivity index (χ1) is 10.1. The first-order valence-corrected chi connectivity index (χ1v) is 7.38. The number of rotatable bonds is 6. The van der Waals surface area contributed by atoms with Crippen LogP contribution in [0.4, 0.5) is 4.79 Å². The predicted octanol–water partition coefficient (Wildman–Crippen LogP) is 1.90. The van der Waals surface area contributed by atoms with Gasteiger partial charge in [-0.2, -0.15) is 0 Å². The summed E-state index contributed by atoms with van der Waals surface area (Å²) in [6.45, 7) is 4.40. The SMILES string of the molecule is C=CCn1c(SCCC(=O)NC(N)=O)nc2ccccc21. The Bertz CT molecular complexity index is 681. The summed E-state index contributed by atoms with van der Waals surface area (Å²) >= 11 is 1.46. The number of imide groups is 1. The number of hydrogen-bond donors (Lipinski definition) is 2. The topological polar surface area (TPSA) is 90.0 Å². The zero-order chi connectivity index (χ0) is 15.2. The minimum atomic E-state index is -0.830. The number of carbonyl (C=O) groups excluding carboxylic acids is 2. The molecule has 1 aromatic heterocycles. The third-order valence-electron chi connectivity index (χ3n) is 2.75. The molecule has 3 amide bonds. The average molecular weight is 304 g/mol. The van der Waals surface area contributed by atoms with Crippen molar-refractivity contribution in [3.05, 3.63) is 36.9 Å². The van der Waals surface area contributed by atoms with Gasteiger partial charge in [0.1, 0.15) is 0 Å². The first-order valence-electron chi connectivity index (χ1n) is 6.40. The number of imidazole rings is 1. The van der Waals surface area contributed by atoms with Crippen molar-refractivity contribution in [2.45, 2.75) is 18.1 Å². The van der Waals surface area contributed by atoms with Crippen molar-refractivity contribution in [3.63, 3.8) is 0 Å². The van der Waals surface area contributed by atoms with E-state index >= 15 is 0 Å². The van der Waals surface area contributed by atoms with E-state index in [1.807, 2.05) is 34.1 Å². The fraction of sp³-hybridized carbons (Fsp3) is 0.214. The van der Waals surface area contributed by atoms with Gasteiger partial charge in [0.15, 0.2) is 5.16 Å². The Labute approximate surface area is 126 Å². The number of thioether (sulfide) groups is 1. The molecule has 0 radical (unpaired) electrons. The van der Waals surface area contributed by atoms with Crippen LogP contribution in [-0.2, 0) is 11.3 Å². The average Bonchev–Trinajstić information content (AvgIpc) is 2.77. The van der Waals surface area contributed by atoms with E-state index < -0.39 is 6.03 Å². The number of nitrogens with two attached hydrogens (primary N) is 1. The lowest BCUT2D eigenvalue weighted by atomic mass is 10.3. The van der Waals surface area contributed by atoms with Gasteiger partial charge in [-0.1, -0.05) is 30.0 Å². The van der Waals surface area contributed by atoms with Crippen LogP contribution in [0, 0.1) is 0 Å². The predicted molar refractivity (Wildman–Crippen MR) is 83.0 cm³/mol. The Morgan fingerprint density at radius 2 is 2.19 bits per heavy atom. The van der Waals surface area contributed by atoms with Gasteiger partial charge < -0.3 is 10.3 Å². The Morgan fingerprint density at radius 1 is 1.43 bits per heavy atom. The van der Waals surface area contributed by atoms with Crippen LogP contribution >= 0.6 is 11.8 Å². The smallest absolute Gasteiger partial charge is 0.318 e. The Kier molecular flexibility index (Phi) is 4.99. The van der Waals surface area contributed by atoms with Crippen LogP contribution in [0.15, 0.2) is 42.1 Å². The molecule has 0 aliphatic heterocycles. The molecule has 1 aromatic carbocycles. The largest absolute Gasteiger partial charge is 0.351 e. The van der Waals surface area contributed by atoms with Crippen LogP contribution < -0.4 is 11.1 Å². The fourth-order valence-electron chi connectivity index (χ4n) is 1.90. The van der Waals surface area contributed by atoms with Gasteiger partial charge in [-0.05, 0) is 12.1 Å². The lowest BCUT2D eigenvalue weighted by molar-refractivity contribution is -0.119. The minimum absolute atomic E-state index is 0.199. The van der Waals surface area contributed by atoms with Crippen molar-refractivity contribution in [1.82, 2.24) is 14.9 Å². The molecule has 0 aliphatic carbocycles. The highest BCUT2D eigenvalue weighted by molar-refractivity contribution is 7.99. The van der Waals surface area contributed by atoms with Crippen LogP contribution in [0.25, 0.3) is 11.0 Å². The number of fused-ring (bicyclic) bond motifs is 1. The summed E-state index contributed by atoms with van der Waals surface area (Å²) in [5, 5.41) is 2.86. The highest BCUT2D eigenvalue weighted by Crippen LogP contribution is 2.24. The van der Waals surface area contributed by atoms with Gasteiger partial charge in [-0.15, -0.1) is 6.58 Å². The second-order valence-corrected chi connectivity index (χ2v) is 5.36. The van der Waals surface area contributed by atoms with Gasteiger partial charge in [0, 0.05) is 18.7 Å². The maximum absolute atomic E-state index is 11.4. The van der Waals surface area contributed by atoms with E-state index in [9.17, 15) is 9.59 Å². The maximum Gasteiger partial charge on any atom is 0.318 e. The van der Waals surface area contributed by atoms with Crippen molar-refractivity contribution in [1.29, 1.82) is 0 Å². The molecule has 0 bridgehead atoms. The number of nitrogens with one attached hydrogen (secondary N) is 1. The molecule has 2 aromatic rings. The molecular formula is C14H16N4O2S. The molecule has 0 aliphatic rings. The summed E-state index contributed by atoms with van der Waals surface area (Å²) in [5.41, 5.74) is 6.82. The molecule has 0 unspecified atom stereocenters. The van der Waals surface area contributed by atoms with Crippen molar-refractivity contribution in [2.75, 3.05) is 5.75 Å². The highest BCUT2D eigenvalue weighted by atomic mass is 32.2. The lowest BCUT2D eigenvalue weighted by Crippen LogP contribution is -2.35. The van der Waals surface area contributed by atoms with E-state index in [4.69, 9.17) is 5.73 Å². The Hall–Kier alpha value is -2.28. The third kappa shape index (κ3) is 3.85. The van der Waals surface area contributed by atoms with Gasteiger partial charge in [-0.3, -0.25) is 10.1 Å². The molecule has 2 rings (SSSR count). The fourth-order valence-corrected chi connectivity index (χ4v) is 2.87. The normalized spacial score (nSPS) is 10.5. The Balaban J connectivity index is 2.07. The number of nitrogens with zero attached hydrogens (tertiary/aromatic N) is 2. The van der Waals surface area contributed by atoms with E-state index in [2.05, 4.69) is 11.6 Å². The molecule has 7 heteroatoms. The van der Waals surface area contributed by atoms with Crippen molar-refractivity contribution >= 4 is 34.7 Å². The van der Waals surface area contributed by atoms with Gasteiger partial charge in [0.25, 0.3) is 0 Å². The van der Waals surface area contributed by atoms with Gasteiger partial charge >= 0.3 is 6.03 Å². The van der Waals surface area contributed by atoms with Gasteiger partial charge in [-0.25, -0.2) is 9.78 Å². The summed E-state index contributed by atoms with van der Waals surface area (Å²) in [5.74, 6) is 0.126. The van der Waals surface area contributed by atoms with E-state index in [-0.39, 0.29) is 12.3 Å². The number of allylic oxidation sites excluding steroid dienone is 1. The molecule has 110 valence electrons. The standard InChI is InChI=1S/C14H16N4O2S/c1-2-8-18-11-6-4-3-5-10(11)16-14(18)21-9-7-12(19)17-13(15)20/h2-6H,1,7-9H2,(H3,15,17,19,20). The molecule has 0 saturated carbocycles. The first kappa shape index (κ1) is 15.1. The monoisotopic (exact) mass is 304 g/mol. The number of hydrogen-bond acceptors (Lipinski definition) is 4. The van der Waals surface area contributed by atoms with E-state index in [1.165, 1.54) is 11.8 Å². The van der Waals surface area contributed by atoms with Crippen LogP contribution in [0.5, 0.6) is 0 Å². The van der Waals surface area contributed by atoms with E-state index in [0.717, 1.165) is 16.2 Å². The van der Waals surface area contributed by atoms with Crippen LogP contribution in [0.3, 0.4) is 0 Å². The molecule has 0 atom stereocenters. The van der Waals surface area contributed by atoms with Gasteiger partial charge in [0.05, 0.1) is 11.0 Å². The highest BCUT2D eigenvalue weighted by Gasteiger charge is 2.11. The van der Waals surface area contributed by atoms with Crippen molar-refractivity contribution < 1.29 is 9.59 Å². The summed E-state index contributed by atoms with van der Waals surface area (Å²) < 4.78 is 2.04. The number of amides is 3. The summed E-state index contributed by atoms with van der Waals surface area (Å²) in [4.78, 5) is 26.5. The number of urea groups is 1. The number of para-hydroxylation sites is 2. The van der Waals surface area contributed by atoms with Crippen LogP contribution in [0.2, 0.25) is 0 Å². The quantitative estimate of drug-likeness (QED) is 0.630. The Morgan fingerprint density at radius 3 is 2.90 bits per heavy atom. The van der Waals surface area contributed by atoms with Crippen LogP contribution in [-0.4, -0.2) is 27.2 Å². The molecule has 0 spiro atoms. The molecule has 0 saturated heterocycles. The van der Waals surface area contributed by atoms with Crippen molar-refractivity contribution in [2.24, 2.45) is 5.73 Å². The second kappa shape index (κ2) is 6.94. The molecule has 0 fully saturated rings. The molecular weight excluding hydrogens is 288 g/mol. The van der Waals surface area contributed by atoms with Crippen LogP contribution in [0.1, 0.15) is 6.42 Å². The maximum atomic E-state index is 11.4. The number of carbonyl (C=O) groups is 2. The number of aromatic nitrogens is 2. The molecule has 1 heterocycles. The molecule has 6 nitrogen and oxygen atoms in total. The number of primary amides is 1. The molecule has 21 heavy (non-hydrogen) atoms. The van der Waals surface area contributed by atoms with E-state index in [1.54, 1.807) is 6.08 Å². The van der Waals surface area contributed by atoms with Gasteiger partial charge in [0.2, 0.25) is 5.91 Å². The third-order valence-corrected chi connectivity index (χ3v) is 3.73. The van der Waals surface area contributed by atoms with E-state index in [0.29, 0.717) is 12.3 Å². The second-order valence-electron chi connectivity index (χ2n) is 4.29. The summed E-state index contributed by atoms with van der Waals surface area (Å²) in [6, 6.07) is 7.00.